The molecule has 2 atom stereocenters. The summed E-state index contributed by atoms with van der Waals surface area (Å²) >= 11 is 0. The molecule has 1 N–H and O–H groups in total. The zero-order valence-electron chi connectivity index (χ0n) is 17.8. The Morgan fingerprint density at radius 3 is 2.37 bits per heavy atom. The summed E-state index contributed by atoms with van der Waals surface area (Å²) < 4.78 is 39.1. The summed E-state index contributed by atoms with van der Waals surface area (Å²) in [6.45, 7) is 7.09. The highest BCUT2D eigenvalue weighted by atomic mass is 32.2. The third kappa shape index (κ3) is 5.56. The van der Waals surface area contributed by atoms with E-state index in [0.29, 0.717) is 12.2 Å². The van der Waals surface area contributed by atoms with Crippen molar-refractivity contribution in [2.75, 3.05) is 20.3 Å². The first-order valence-corrected chi connectivity index (χ1v) is 11.0. The molecule has 8 nitrogen and oxygen atoms in total. The van der Waals surface area contributed by atoms with Crippen molar-refractivity contribution in [3.05, 3.63) is 53.3 Å². The van der Waals surface area contributed by atoms with Crippen molar-refractivity contribution in [2.45, 2.75) is 44.7 Å². The number of Topliss-reactive ketones (excluding diaryl/α,β-unsaturated/α-hetero) is 1. The highest BCUT2D eigenvalue weighted by Gasteiger charge is 2.25. The largest absolute Gasteiger partial charge is 0.456 e. The maximum absolute atomic E-state index is 12.6. The van der Waals surface area contributed by atoms with Gasteiger partial charge in [0, 0.05) is 24.1 Å². The molecule has 0 fully saturated rings. The Morgan fingerprint density at radius 2 is 1.77 bits per heavy atom. The molecule has 0 aliphatic rings. The second kappa shape index (κ2) is 10.0. The summed E-state index contributed by atoms with van der Waals surface area (Å²) in [6, 6.07) is 8.35. The van der Waals surface area contributed by atoms with Crippen molar-refractivity contribution in [1.82, 2.24) is 9.29 Å². The molecule has 30 heavy (non-hydrogen) atoms. The van der Waals surface area contributed by atoms with Crippen LogP contribution in [0.25, 0.3) is 0 Å². The fourth-order valence-corrected chi connectivity index (χ4v) is 4.55. The van der Waals surface area contributed by atoms with Crippen LogP contribution >= 0.6 is 0 Å². The van der Waals surface area contributed by atoms with Gasteiger partial charge in [0.1, 0.15) is 6.04 Å². The first-order valence-electron chi connectivity index (χ1n) is 9.53. The number of nitrogens with zero attached hydrogens (tertiary/aromatic N) is 1. The van der Waals surface area contributed by atoms with Gasteiger partial charge in [0.25, 0.3) is 0 Å². The van der Waals surface area contributed by atoms with Gasteiger partial charge in [-0.15, -0.1) is 0 Å². The zero-order chi connectivity index (χ0) is 22.5. The third-order valence-corrected chi connectivity index (χ3v) is 6.27. The van der Waals surface area contributed by atoms with E-state index in [9.17, 15) is 18.0 Å². The van der Waals surface area contributed by atoms with E-state index in [0.717, 1.165) is 11.4 Å². The van der Waals surface area contributed by atoms with E-state index >= 15 is 0 Å². The van der Waals surface area contributed by atoms with Gasteiger partial charge in [-0.25, -0.2) is 8.42 Å². The number of rotatable bonds is 10. The molecule has 9 heteroatoms. The fourth-order valence-electron chi connectivity index (χ4n) is 3.34. The molecular weight excluding hydrogens is 408 g/mol. The minimum absolute atomic E-state index is 0.0401. The number of hydrogen-bond donors (Lipinski definition) is 1. The lowest BCUT2D eigenvalue weighted by Crippen LogP contribution is -2.40. The number of methoxy groups -OCH3 is 1. The highest BCUT2D eigenvalue weighted by molar-refractivity contribution is 7.89. The molecule has 0 saturated carbocycles. The summed E-state index contributed by atoms with van der Waals surface area (Å²) in [7, 11) is -2.26. The van der Waals surface area contributed by atoms with Crippen LogP contribution in [0.4, 0.5) is 0 Å². The van der Waals surface area contributed by atoms with Crippen LogP contribution in [0.2, 0.25) is 0 Å². The SMILES string of the molecule is COCC(C)n1c(C)cc(C(=O)COC(=O)[C@H](C)NS(=O)(=O)c2ccccc2)c1C. The van der Waals surface area contributed by atoms with E-state index < -0.39 is 28.6 Å². The Bertz CT molecular complexity index is 998. The van der Waals surface area contributed by atoms with Crippen LogP contribution in [0.3, 0.4) is 0 Å². The lowest BCUT2D eigenvalue weighted by atomic mass is 10.1. The van der Waals surface area contributed by atoms with Crippen LogP contribution in [-0.4, -0.2) is 51.1 Å². The van der Waals surface area contributed by atoms with Gasteiger partial charge in [0.15, 0.2) is 6.61 Å². The number of sulfonamides is 1. The molecule has 0 spiro atoms. The van der Waals surface area contributed by atoms with E-state index in [-0.39, 0.29) is 16.7 Å². The first kappa shape index (κ1) is 23.8. The molecule has 2 rings (SSSR count). The summed E-state index contributed by atoms with van der Waals surface area (Å²) in [4.78, 5) is 24.8. The Morgan fingerprint density at radius 1 is 1.13 bits per heavy atom. The number of carbonyl (C=O) groups excluding carboxylic acids is 2. The van der Waals surface area contributed by atoms with Gasteiger partial charge in [0.05, 0.1) is 17.5 Å². The van der Waals surface area contributed by atoms with E-state index in [1.807, 2.05) is 25.3 Å². The highest BCUT2D eigenvalue weighted by Crippen LogP contribution is 2.21. The molecule has 0 radical (unpaired) electrons. The Labute approximate surface area is 177 Å². The Hall–Kier alpha value is -2.49. The molecule has 0 aliphatic carbocycles. The molecule has 0 aliphatic heterocycles. The number of ether oxygens (including phenoxy) is 2. The van der Waals surface area contributed by atoms with Gasteiger partial charge in [-0.2, -0.15) is 4.72 Å². The van der Waals surface area contributed by atoms with Crippen molar-refractivity contribution < 1.29 is 27.5 Å². The minimum Gasteiger partial charge on any atom is -0.456 e. The summed E-state index contributed by atoms with van der Waals surface area (Å²) in [5.41, 5.74) is 2.12. The third-order valence-electron chi connectivity index (χ3n) is 4.72. The minimum atomic E-state index is -3.87. The van der Waals surface area contributed by atoms with Crippen molar-refractivity contribution >= 4 is 21.8 Å². The van der Waals surface area contributed by atoms with Crippen molar-refractivity contribution in [3.8, 4) is 0 Å². The molecule has 1 aromatic heterocycles. The van der Waals surface area contributed by atoms with Crippen molar-refractivity contribution in [2.24, 2.45) is 0 Å². The van der Waals surface area contributed by atoms with Crippen molar-refractivity contribution in [3.63, 3.8) is 0 Å². The summed E-state index contributed by atoms with van der Waals surface area (Å²) in [6.07, 6.45) is 0. The van der Waals surface area contributed by atoms with Gasteiger partial charge < -0.3 is 14.0 Å². The average Bonchev–Trinajstić information content (AvgIpc) is 3.00. The molecule has 1 unspecified atom stereocenters. The average molecular weight is 437 g/mol. The first-order chi connectivity index (χ1) is 14.1. The second-order valence-corrected chi connectivity index (χ2v) is 8.86. The number of nitrogens with one attached hydrogen (secondary N) is 1. The number of carbonyl (C=O) groups is 2. The van der Waals surface area contributed by atoms with Crippen molar-refractivity contribution in [1.29, 1.82) is 0 Å². The number of benzene rings is 1. The van der Waals surface area contributed by atoms with Crippen LogP contribution in [0.1, 0.15) is 41.6 Å². The lowest BCUT2D eigenvalue weighted by Gasteiger charge is -2.17. The summed E-state index contributed by atoms with van der Waals surface area (Å²) in [5.74, 6) is -1.19. The van der Waals surface area contributed by atoms with E-state index in [1.54, 1.807) is 31.4 Å². The number of esters is 1. The molecule has 1 heterocycles. The fraction of sp³-hybridized carbons (Fsp3) is 0.429. The van der Waals surface area contributed by atoms with E-state index in [1.165, 1.54) is 19.1 Å². The number of ketones is 1. The van der Waals surface area contributed by atoms with Gasteiger partial charge in [-0.3, -0.25) is 9.59 Å². The van der Waals surface area contributed by atoms with E-state index in [2.05, 4.69) is 4.72 Å². The maximum atomic E-state index is 12.6. The van der Waals surface area contributed by atoms with Crippen LogP contribution < -0.4 is 4.72 Å². The number of aryl methyl sites for hydroxylation is 1. The molecule has 2 aromatic rings. The number of hydrogen-bond acceptors (Lipinski definition) is 6. The van der Waals surface area contributed by atoms with Gasteiger partial charge in [-0.05, 0) is 45.9 Å². The normalized spacial score (nSPS) is 13.6. The topological polar surface area (TPSA) is 104 Å². The second-order valence-electron chi connectivity index (χ2n) is 7.15. The standard InChI is InChI=1S/C21H28N2O6S/c1-14-11-19(17(4)23(14)15(2)12-28-5)20(24)13-29-21(25)16(3)22-30(26,27)18-9-7-6-8-10-18/h6-11,15-16,22H,12-13H2,1-5H3/t15?,16-/m0/s1. The molecule has 0 bridgehead atoms. The van der Waals surface area contributed by atoms with Crippen LogP contribution in [-0.2, 0) is 24.3 Å². The summed E-state index contributed by atoms with van der Waals surface area (Å²) in [5, 5.41) is 0. The Kier molecular flexibility index (Phi) is 7.94. The molecular formula is C21H28N2O6S. The monoisotopic (exact) mass is 436 g/mol. The molecule has 0 saturated heterocycles. The lowest BCUT2D eigenvalue weighted by molar-refractivity contribution is -0.144. The molecule has 0 amide bonds. The number of aromatic nitrogens is 1. The quantitative estimate of drug-likeness (QED) is 0.453. The molecule has 1 aromatic carbocycles. The van der Waals surface area contributed by atoms with Crippen LogP contribution in [0.5, 0.6) is 0 Å². The van der Waals surface area contributed by atoms with Gasteiger partial charge >= 0.3 is 5.97 Å². The zero-order valence-corrected chi connectivity index (χ0v) is 18.7. The van der Waals surface area contributed by atoms with E-state index in [4.69, 9.17) is 9.47 Å². The van der Waals surface area contributed by atoms with Gasteiger partial charge in [-0.1, -0.05) is 18.2 Å². The Balaban J connectivity index is 2.01. The van der Waals surface area contributed by atoms with Crippen LogP contribution in [0, 0.1) is 13.8 Å². The smallest absolute Gasteiger partial charge is 0.324 e. The predicted octanol–water partition coefficient (Wildman–Crippen LogP) is 2.41. The molecule has 164 valence electrons. The van der Waals surface area contributed by atoms with Gasteiger partial charge in [0.2, 0.25) is 15.8 Å². The maximum Gasteiger partial charge on any atom is 0.324 e. The van der Waals surface area contributed by atoms with Crippen LogP contribution in [0.15, 0.2) is 41.3 Å². The predicted molar refractivity (Wildman–Crippen MR) is 112 cm³/mol.